The minimum absolute atomic E-state index is 0.0127. The molecule has 0 saturated carbocycles. The van der Waals surface area contributed by atoms with Crippen molar-refractivity contribution in [3.8, 4) is 0 Å². The van der Waals surface area contributed by atoms with Crippen LogP contribution in [0.1, 0.15) is 5.69 Å². The Morgan fingerprint density at radius 1 is 1.62 bits per heavy atom. The zero-order valence-electron chi connectivity index (χ0n) is 7.05. The Labute approximate surface area is 78.5 Å². The van der Waals surface area contributed by atoms with Crippen LogP contribution < -0.4 is 0 Å². The molecule has 7 heteroatoms. The number of hydrogen-bond acceptors (Lipinski definition) is 7. The molecule has 0 atom stereocenters. The number of aromatic nitrogens is 2. The van der Waals surface area contributed by atoms with E-state index in [0.717, 1.165) is 11.7 Å². The van der Waals surface area contributed by atoms with Crippen LogP contribution in [0, 0.1) is 0 Å². The third-order valence-electron chi connectivity index (χ3n) is 1.17. The van der Waals surface area contributed by atoms with Crippen LogP contribution in [0.3, 0.4) is 0 Å². The van der Waals surface area contributed by atoms with E-state index in [2.05, 4.69) is 23.5 Å². The summed E-state index contributed by atoms with van der Waals surface area (Å²) in [6, 6.07) is 0. The normalized spacial score (nSPS) is 11.1. The Balaban J connectivity index is 2.94. The lowest BCUT2D eigenvalue weighted by atomic mass is 10.3. The van der Waals surface area contributed by atoms with Crippen LogP contribution in [0.4, 0.5) is 0 Å². The van der Waals surface area contributed by atoms with Crippen molar-refractivity contribution in [2.45, 2.75) is 0 Å². The van der Waals surface area contributed by atoms with Crippen molar-refractivity contribution in [3.05, 3.63) is 11.9 Å². The van der Waals surface area contributed by atoms with E-state index in [4.69, 9.17) is 0 Å². The minimum atomic E-state index is -0.602. The van der Waals surface area contributed by atoms with Gasteiger partial charge in [0.2, 0.25) is 5.71 Å². The largest absolute Gasteiger partial charge is 0.464 e. The molecule has 1 aromatic heterocycles. The lowest BCUT2D eigenvalue weighted by molar-refractivity contribution is -0.132. The molecule has 1 aromatic rings. The smallest absolute Gasteiger partial charge is 0.362 e. The van der Waals surface area contributed by atoms with Crippen LogP contribution in [-0.2, 0) is 14.4 Å². The standard InChI is InChI=1S/C6H7N3O3S/c1-11-6(10)5(8-12-2)4-3-7-13-9-4/h3H,1-2H3/b8-5+. The Hall–Kier alpha value is -1.50. The number of rotatable bonds is 3. The number of carbonyl (C=O) groups is 1. The van der Waals surface area contributed by atoms with Crippen molar-refractivity contribution in [2.75, 3.05) is 14.2 Å². The number of methoxy groups -OCH3 is 1. The highest BCUT2D eigenvalue weighted by atomic mass is 32.1. The molecular weight excluding hydrogens is 194 g/mol. The second-order valence-corrected chi connectivity index (χ2v) is 2.46. The van der Waals surface area contributed by atoms with E-state index in [9.17, 15) is 4.79 Å². The van der Waals surface area contributed by atoms with Crippen LogP contribution in [0.25, 0.3) is 0 Å². The van der Waals surface area contributed by atoms with Gasteiger partial charge in [-0.3, -0.25) is 0 Å². The van der Waals surface area contributed by atoms with Crippen molar-refractivity contribution in [1.29, 1.82) is 0 Å². The van der Waals surface area contributed by atoms with Gasteiger partial charge in [-0.15, -0.1) is 0 Å². The fourth-order valence-electron chi connectivity index (χ4n) is 0.646. The van der Waals surface area contributed by atoms with Gasteiger partial charge in [0.15, 0.2) is 0 Å². The van der Waals surface area contributed by atoms with Crippen molar-refractivity contribution in [1.82, 2.24) is 8.75 Å². The van der Waals surface area contributed by atoms with E-state index in [0.29, 0.717) is 5.69 Å². The summed E-state index contributed by atoms with van der Waals surface area (Å²) in [5, 5.41) is 3.48. The number of oxime groups is 1. The van der Waals surface area contributed by atoms with Gasteiger partial charge < -0.3 is 9.57 Å². The fraction of sp³-hybridized carbons (Fsp3) is 0.333. The maximum absolute atomic E-state index is 11.1. The quantitative estimate of drug-likeness (QED) is 0.393. The number of esters is 1. The van der Waals surface area contributed by atoms with Crippen LogP contribution in [0.15, 0.2) is 11.4 Å². The second kappa shape index (κ2) is 4.51. The van der Waals surface area contributed by atoms with Gasteiger partial charge in [0, 0.05) is 0 Å². The summed E-state index contributed by atoms with van der Waals surface area (Å²) in [6.45, 7) is 0. The summed E-state index contributed by atoms with van der Waals surface area (Å²) >= 11 is 0.978. The van der Waals surface area contributed by atoms with Gasteiger partial charge in [-0.1, -0.05) is 5.16 Å². The minimum Gasteiger partial charge on any atom is -0.464 e. The number of carbonyl (C=O) groups excluding carboxylic acids is 1. The first-order valence-corrected chi connectivity index (χ1v) is 4.00. The van der Waals surface area contributed by atoms with Gasteiger partial charge in [0.05, 0.1) is 25.0 Å². The summed E-state index contributed by atoms with van der Waals surface area (Å²) in [6.07, 6.45) is 1.42. The molecular formula is C6H7N3O3S. The summed E-state index contributed by atoms with van der Waals surface area (Å²) in [5.74, 6) is -0.602. The first-order valence-electron chi connectivity index (χ1n) is 3.27. The highest BCUT2D eigenvalue weighted by Gasteiger charge is 2.17. The maximum Gasteiger partial charge on any atom is 0.362 e. The molecule has 1 heterocycles. The highest BCUT2D eigenvalue weighted by Crippen LogP contribution is 2.00. The van der Waals surface area contributed by atoms with Crippen LogP contribution >= 0.6 is 11.7 Å². The van der Waals surface area contributed by atoms with Crippen molar-refractivity contribution in [3.63, 3.8) is 0 Å². The molecule has 0 amide bonds. The molecule has 0 bridgehead atoms. The molecule has 0 N–H and O–H groups in total. The number of hydrogen-bond donors (Lipinski definition) is 0. The molecule has 0 aliphatic carbocycles. The Morgan fingerprint density at radius 3 is 2.85 bits per heavy atom. The van der Waals surface area contributed by atoms with Gasteiger partial charge in [0.1, 0.15) is 12.8 Å². The number of ether oxygens (including phenoxy) is 1. The van der Waals surface area contributed by atoms with E-state index in [-0.39, 0.29) is 5.71 Å². The summed E-state index contributed by atoms with van der Waals surface area (Å²) in [5.41, 5.74) is 0.359. The fourth-order valence-corrected chi connectivity index (χ4v) is 1.06. The molecule has 6 nitrogen and oxygen atoms in total. The molecule has 70 valence electrons. The topological polar surface area (TPSA) is 73.7 Å². The molecule has 0 aliphatic heterocycles. The molecule has 1 rings (SSSR count). The molecule has 0 saturated heterocycles. The third kappa shape index (κ3) is 2.22. The predicted octanol–water partition coefficient (Wildman–Crippen LogP) is 0.0616. The zero-order valence-corrected chi connectivity index (χ0v) is 7.87. The molecule has 13 heavy (non-hydrogen) atoms. The van der Waals surface area contributed by atoms with Crippen LogP contribution in [-0.4, -0.2) is 34.6 Å². The van der Waals surface area contributed by atoms with Gasteiger partial charge in [-0.05, 0) is 0 Å². The molecule has 0 aromatic carbocycles. The number of nitrogens with zero attached hydrogens (tertiary/aromatic N) is 3. The lowest BCUT2D eigenvalue weighted by Crippen LogP contribution is -2.17. The molecule has 0 unspecified atom stereocenters. The van der Waals surface area contributed by atoms with Crippen LogP contribution in [0.5, 0.6) is 0 Å². The summed E-state index contributed by atoms with van der Waals surface area (Å²) in [7, 11) is 2.59. The van der Waals surface area contributed by atoms with Crippen molar-refractivity contribution < 1.29 is 14.4 Å². The Kier molecular flexibility index (Phi) is 3.32. The summed E-state index contributed by atoms with van der Waals surface area (Å²) < 4.78 is 12.0. The third-order valence-corrected chi connectivity index (χ3v) is 1.64. The molecule has 0 spiro atoms. The van der Waals surface area contributed by atoms with Gasteiger partial charge in [0.25, 0.3) is 0 Å². The van der Waals surface area contributed by atoms with E-state index in [1.165, 1.54) is 20.4 Å². The van der Waals surface area contributed by atoms with Gasteiger partial charge >= 0.3 is 5.97 Å². The molecule has 0 aliphatic rings. The average Bonchev–Trinajstić information content (AvgIpc) is 2.65. The zero-order chi connectivity index (χ0) is 9.68. The van der Waals surface area contributed by atoms with Crippen LogP contribution in [0.2, 0.25) is 0 Å². The molecule has 0 fully saturated rings. The summed E-state index contributed by atoms with van der Waals surface area (Å²) in [4.78, 5) is 15.6. The lowest BCUT2D eigenvalue weighted by Gasteiger charge is -1.98. The average molecular weight is 201 g/mol. The monoisotopic (exact) mass is 201 g/mol. The van der Waals surface area contributed by atoms with E-state index in [1.54, 1.807) is 0 Å². The first-order chi connectivity index (χ1) is 6.29. The SMILES string of the molecule is CO/N=C(/C(=O)OC)c1cnsn1. The molecule has 0 radical (unpaired) electrons. The van der Waals surface area contributed by atoms with Gasteiger partial charge in [-0.25, -0.2) is 4.79 Å². The van der Waals surface area contributed by atoms with Gasteiger partial charge in [-0.2, -0.15) is 8.75 Å². The first kappa shape index (κ1) is 9.59. The van der Waals surface area contributed by atoms with Crippen molar-refractivity contribution in [2.24, 2.45) is 5.16 Å². The van der Waals surface area contributed by atoms with Crippen molar-refractivity contribution >= 4 is 23.4 Å². The Bertz CT molecular complexity index is 309. The maximum atomic E-state index is 11.1. The van der Waals surface area contributed by atoms with E-state index in [1.807, 2.05) is 0 Å². The second-order valence-electron chi connectivity index (χ2n) is 1.91. The predicted molar refractivity (Wildman–Crippen MR) is 45.5 cm³/mol. The highest BCUT2D eigenvalue weighted by molar-refractivity contribution is 6.99. The van der Waals surface area contributed by atoms with E-state index < -0.39 is 5.97 Å². The van der Waals surface area contributed by atoms with E-state index >= 15 is 0 Å². The Morgan fingerprint density at radius 2 is 2.38 bits per heavy atom.